The van der Waals surface area contributed by atoms with Gasteiger partial charge < -0.3 is 20.4 Å². The number of halogens is 6. The van der Waals surface area contributed by atoms with Crippen LogP contribution in [-0.2, 0) is 0 Å². The Morgan fingerprint density at radius 3 is 0.903 bits per heavy atom. The van der Waals surface area contributed by atoms with Crippen molar-refractivity contribution in [1.29, 1.82) is 0 Å². The molecule has 0 heterocycles. The molecule has 31 heavy (non-hydrogen) atoms. The smallest absolute Gasteiger partial charge is 0.339 e. The van der Waals surface area contributed by atoms with Gasteiger partial charge >= 0.3 is 23.9 Å². The molecule has 0 atom stereocenters. The van der Waals surface area contributed by atoms with E-state index in [1.807, 2.05) is 0 Å². The molecule has 0 aliphatic heterocycles. The zero-order valence-corrected chi connectivity index (χ0v) is 14.9. The SMILES string of the molecule is O=C(O)c1c(F)c(F)c(Sc2c(F)c(F)c(C(=O)O)c(C(=O)O)c2F)c(F)c1C(=O)O. The number of benzene rings is 2. The molecular weight excluding hydrogens is 466 g/mol. The maximum Gasteiger partial charge on any atom is 0.339 e. The standard InChI is InChI=1S/C16H4F6O8S/c17-5-1(13(23)24)3(15(27)28)7(19)11(9(5)21)31-12-8(20)4(16(29)30)2(14(25)26)6(18)10(12)22/h(H,23,24)(H,25,26)(H,27,28)(H,29,30). The predicted molar refractivity (Wildman–Crippen MR) is 84.6 cm³/mol. The summed E-state index contributed by atoms with van der Waals surface area (Å²) in [4.78, 5) is 40.4. The molecule has 164 valence electrons. The first-order chi connectivity index (χ1) is 14.2. The summed E-state index contributed by atoms with van der Waals surface area (Å²) in [5.74, 6) is -24.1. The Bertz CT molecular complexity index is 1100. The molecule has 2 aromatic rings. The van der Waals surface area contributed by atoms with Gasteiger partial charge in [0.2, 0.25) is 0 Å². The topological polar surface area (TPSA) is 149 Å². The second kappa shape index (κ2) is 8.17. The van der Waals surface area contributed by atoms with Crippen molar-refractivity contribution in [3.05, 3.63) is 57.2 Å². The average Bonchev–Trinajstić information content (AvgIpc) is 2.65. The molecule has 0 aliphatic rings. The van der Waals surface area contributed by atoms with Gasteiger partial charge in [-0.05, 0) is 0 Å². The molecule has 4 N–H and O–H groups in total. The molecule has 0 fully saturated rings. The van der Waals surface area contributed by atoms with E-state index in [0.717, 1.165) is 0 Å². The molecule has 15 heteroatoms. The Balaban J connectivity index is 2.93. The molecule has 0 radical (unpaired) electrons. The summed E-state index contributed by atoms with van der Waals surface area (Å²) >= 11 is -0.866. The van der Waals surface area contributed by atoms with Crippen LogP contribution in [0, 0.1) is 34.9 Å². The number of aromatic carboxylic acids is 4. The van der Waals surface area contributed by atoms with Crippen LogP contribution in [0.2, 0.25) is 0 Å². The summed E-state index contributed by atoms with van der Waals surface area (Å²) in [5, 5.41) is 35.4. The van der Waals surface area contributed by atoms with Crippen molar-refractivity contribution in [2.45, 2.75) is 9.79 Å². The third-order valence-corrected chi connectivity index (χ3v) is 4.75. The molecular formula is C16H4F6O8S. The van der Waals surface area contributed by atoms with E-state index in [-0.39, 0.29) is 0 Å². The van der Waals surface area contributed by atoms with Crippen molar-refractivity contribution in [3.63, 3.8) is 0 Å². The van der Waals surface area contributed by atoms with Crippen molar-refractivity contribution in [3.8, 4) is 0 Å². The normalized spacial score (nSPS) is 10.8. The quantitative estimate of drug-likeness (QED) is 0.368. The third kappa shape index (κ3) is 3.74. The lowest BCUT2D eigenvalue weighted by Crippen LogP contribution is -2.18. The van der Waals surface area contributed by atoms with Gasteiger partial charge in [-0.25, -0.2) is 45.5 Å². The molecule has 0 bridgehead atoms. The zero-order chi connectivity index (χ0) is 23.9. The summed E-state index contributed by atoms with van der Waals surface area (Å²) in [6.45, 7) is 0. The maximum atomic E-state index is 14.5. The highest BCUT2D eigenvalue weighted by Gasteiger charge is 2.36. The molecule has 0 amide bonds. The summed E-state index contributed by atoms with van der Waals surface area (Å²) in [6, 6.07) is 0. The van der Waals surface area contributed by atoms with Gasteiger partial charge in [0.15, 0.2) is 34.9 Å². The highest BCUT2D eigenvalue weighted by molar-refractivity contribution is 7.99. The fourth-order valence-corrected chi connectivity index (χ4v) is 3.31. The lowest BCUT2D eigenvalue weighted by molar-refractivity contribution is 0.0639. The van der Waals surface area contributed by atoms with Crippen molar-refractivity contribution in [2.75, 3.05) is 0 Å². The molecule has 2 rings (SSSR count). The highest BCUT2D eigenvalue weighted by atomic mass is 32.2. The molecule has 0 unspecified atom stereocenters. The van der Waals surface area contributed by atoms with Gasteiger partial charge in [0.25, 0.3) is 0 Å². The first-order valence-corrected chi connectivity index (χ1v) is 8.07. The highest BCUT2D eigenvalue weighted by Crippen LogP contribution is 2.41. The number of hydrogen-bond donors (Lipinski definition) is 4. The van der Waals surface area contributed by atoms with Crippen LogP contribution >= 0.6 is 11.8 Å². The summed E-state index contributed by atoms with van der Waals surface area (Å²) in [7, 11) is 0. The lowest BCUT2D eigenvalue weighted by atomic mass is 10.1. The first kappa shape index (κ1) is 23.5. The van der Waals surface area contributed by atoms with Crippen LogP contribution in [0.1, 0.15) is 41.4 Å². The third-order valence-electron chi connectivity index (χ3n) is 3.62. The second-order valence-corrected chi connectivity index (χ2v) is 6.39. The van der Waals surface area contributed by atoms with Crippen molar-refractivity contribution in [2.24, 2.45) is 0 Å². The van der Waals surface area contributed by atoms with E-state index in [2.05, 4.69) is 0 Å². The Kier molecular flexibility index (Phi) is 6.20. The van der Waals surface area contributed by atoms with Gasteiger partial charge in [-0.2, -0.15) is 0 Å². The fourth-order valence-electron chi connectivity index (χ4n) is 2.36. The van der Waals surface area contributed by atoms with Gasteiger partial charge in [0, 0.05) is 0 Å². The van der Waals surface area contributed by atoms with Crippen molar-refractivity contribution in [1.82, 2.24) is 0 Å². The molecule has 0 saturated heterocycles. The van der Waals surface area contributed by atoms with E-state index in [9.17, 15) is 45.5 Å². The fraction of sp³-hybridized carbons (Fsp3) is 0. The molecule has 0 spiro atoms. The zero-order valence-electron chi connectivity index (χ0n) is 14.1. The van der Waals surface area contributed by atoms with Crippen molar-refractivity contribution < 1.29 is 65.9 Å². The molecule has 0 aliphatic carbocycles. The van der Waals surface area contributed by atoms with E-state index in [1.165, 1.54) is 0 Å². The van der Waals surface area contributed by atoms with Gasteiger partial charge in [0.05, 0.1) is 9.79 Å². The van der Waals surface area contributed by atoms with E-state index < -0.39 is 103 Å². The minimum atomic E-state index is -2.45. The van der Waals surface area contributed by atoms with E-state index in [1.54, 1.807) is 0 Å². The Hall–Kier alpha value is -3.75. The van der Waals surface area contributed by atoms with E-state index in [4.69, 9.17) is 20.4 Å². The molecule has 0 aromatic heterocycles. The van der Waals surface area contributed by atoms with Crippen LogP contribution in [0.3, 0.4) is 0 Å². The monoisotopic (exact) mass is 470 g/mol. The Morgan fingerprint density at radius 2 is 0.677 bits per heavy atom. The molecule has 2 aromatic carbocycles. The Morgan fingerprint density at radius 1 is 0.452 bits per heavy atom. The van der Waals surface area contributed by atoms with Crippen LogP contribution in [-0.4, -0.2) is 44.3 Å². The van der Waals surface area contributed by atoms with Crippen molar-refractivity contribution >= 4 is 35.6 Å². The minimum Gasteiger partial charge on any atom is -0.478 e. The second-order valence-electron chi connectivity index (χ2n) is 5.36. The maximum absolute atomic E-state index is 14.5. The average molecular weight is 470 g/mol. The van der Waals surface area contributed by atoms with Crippen LogP contribution in [0.5, 0.6) is 0 Å². The van der Waals surface area contributed by atoms with Crippen LogP contribution in [0.4, 0.5) is 26.3 Å². The number of hydrogen-bond acceptors (Lipinski definition) is 5. The number of carboxylic acid groups (broad SMARTS) is 4. The van der Waals surface area contributed by atoms with Gasteiger partial charge in [-0.15, -0.1) is 0 Å². The van der Waals surface area contributed by atoms with Gasteiger partial charge in [-0.3, -0.25) is 0 Å². The van der Waals surface area contributed by atoms with Crippen LogP contribution in [0.25, 0.3) is 0 Å². The Labute approximate surface area is 169 Å². The van der Waals surface area contributed by atoms with E-state index >= 15 is 0 Å². The minimum absolute atomic E-state index is 0.866. The molecule has 0 saturated carbocycles. The predicted octanol–water partition coefficient (Wildman–Crippen LogP) is 3.47. The van der Waals surface area contributed by atoms with Gasteiger partial charge in [-0.1, -0.05) is 11.8 Å². The van der Waals surface area contributed by atoms with Crippen LogP contribution in [0.15, 0.2) is 9.79 Å². The van der Waals surface area contributed by atoms with E-state index in [0.29, 0.717) is 0 Å². The summed E-state index contributed by atoms with van der Waals surface area (Å²) < 4.78 is 85.4. The number of rotatable bonds is 6. The first-order valence-electron chi connectivity index (χ1n) is 7.25. The number of carboxylic acids is 4. The summed E-state index contributed by atoms with van der Waals surface area (Å²) in [5.41, 5.74) is -7.83. The number of carbonyl (C=O) groups is 4. The molecule has 8 nitrogen and oxygen atoms in total. The lowest BCUT2D eigenvalue weighted by Gasteiger charge is -2.14. The summed E-state index contributed by atoms with van der Waals surface area (Å²) in [6.07, 6.45) is 0. The van der Waals surface area contributed by atoms with Gasteiger partial charge in [0.1, 0.15) is 22.3 Å². The largest absolute Gasteiger partial charge is 0.478 e. The van der Waals surface area contributed by atoms with Crippen LogP contribution < -0.4 is 0 Å².